The smallest absolute Gasteiger partial charge is 0.316 e. The van der Waals surface area contributed by atoms with Crippen molar-refractivity contribution < 1.29 is 9.59 Å². The number of thiophene rings is 2. The van der Waals surface area contributed by atoms with Crippen molar-refractivity contribution in [2.24, 2.45) is 5.73 Å². The molecule has 2 heterocycles. The highest BCUT2D eigenvalue weighted by atomic mass is 32.1. The molecule has 0 saturated carbocycles. The molecule has 2 rings (SSSR count). The van der Waals surface area contributed by atoms with Crippen molar-refractivity contribution in [3.05, 3.63) is 27.8 Å². The van der Waals surface area contributed by atoms with Gasteiger partial charge in [-0.15, -0.1) is 11.3 Å². The average Bonchev–Trinajstić information content (AvgIpc) is 2.95. The minimum atomic E-state index is -0.685. The minimum Gasteiger partial charge on any atom is -0.354 e. The fourth-order valence-corrected chi connectivity index (χ4v) is 3.23. The van der Waals surface area contributed by atoms with Gasteiger partial charge in [0, 0.05) is 17.5 Å². The van der Waals surface area contributed by atoms with Crippen LogP contribution in [0.4, 0.5) is 10.5 Å². The highest BCUT2D eigenvalue weighted by Gasteiger charge is 2.17. The average molecular weight is 281 g/mol. The standard InChI is InChI=1S/C11H11N3O2S2/c1-13-10(15)9-7(14-11(12)16)4-8(18-9)6-2-3-17-5-6/h2-5H,1H3,(H,13,15)(H3,12,14,16). The van der Waals surface area contributed by atoms with Gasteiger partial charge in [-0.1, -0.05) is 0 Å². The maximum atomic E-state index is 11.7. The Morgan fingerprint density at radius 3 is 2.72 bits per heavy atom. The van der Waals surface area contributed by atoms with Crippen molar-refractivity contribution in [1.29, 1.82) is 0 Å². The predicted molar refractivity (Wildman–Crippen MR) is 74.2 cm³/mol. The number of hydrogen-bond donors (Lipinski definition) is 3. The van der Waals surface area contributed by atoms with Crippen LogP contribution >= 0.6 is 22.7 Å². The van der Waals surface area contributed by atoms with E-state index in [1.165, 1.54) is 11.3 Å². The van der Waals surface area contributed by atoms with Crippen molar-refractivity contribution in [2.75, 3.05) is 12.4 Å². The molecule has 0 radical (unpaired) electrons. The Bertz CT molecular complexity index is 575. The third kappa shape index (κ3) is 2.52. The number of carbonyl (C=O) groups is 2. The highest BCUT2D eigenvalue weighted by molar-refractivity contribution is 7.18. The number of anilines is 1. The molecule has 4 N–H and O–H groups in total. The number of carbonyl (C=O) groups excluding carboxylic acids is 2. The lowest BCUT2D eigenvalue weighted by atomic mass is 10.2. The van der Waals surface area contributed by atoms with E-state index in [9.17, 15) is 9.59 Å². The van der Waals surface area contributed by atoms with Gasteiger partial charge >= 0.3 is 6.03 Å². The maximum Gasteiger partial charge on any atom is 0.316 e. The summed E-state index contributed by atoms with van der Waals surface area (Å²) in [5, 5.41) is 8.93. The van der Waals surface area contributed by atoms with Crippen LogP contribution in [0.2, 0.25) is 0 Å². The van der Waals surface area contributed by atoms with Crippen LogP contribution in [0.15, 0.2) is 22.9 Å². The van der Waals surface area contributed by atoms with Crippen LogP contribution in [0.3, 0.4) is 0 Å². The SMILES string of the molecule is CNC(=O)c1sc(-c2ccsc2)cc1NC(N)=O. The molecule has 7 heteroatoms. The molecule has 94 valence electrons. The summed E-state index contributed by atoms with van der Waals surface area (Å²) < 4.78 is 0. The molecular formula is C11H11N3O2S2. The predicted octanol–water partition coefficient (Wildman–Crippen LogP) is 2.33. The second-order valence-electron chi connectivity index (χ2n) is 3.43. The number of rotatable bonds is 3. The Hall–Kier alpha value is -1.86. The van der Waals surface area contributed by atoms with Crippen LogP contribution in [0.25, 0.3) is 10.4 Å². The Balaban J connectivity index is 2.43. The molecule has 0 aliphatic heterocycles. The van der Waals surface area contributed by atoms with Crippen molar-refractivity contribution in [3.8, 4) is 10.4 Å². The molecule has 0 unspecified atom stereocenters. The molecule has 0 fully saturated rings. The lowest BCUT2D eigenvalue weighted by Crippen LogP contribution is -2.22. The lowest BCUT2D eigenvalue weighted by molar-refractivity contribution is 0.0968. The van der Waals surface area contributed by atoms with Gasteiger partial charge in [-0.05, 0) is 22.9 Å². The fourth-order valence-electron chi connectivity index (χ4n) is 1.45. The first-order valence-electron chi connectivity index (χ1n) is 5.06. The van der Waals surface area contributed by atoms with Crippen LogP contribution in [-0.4, -0.2) is 19.0 Å². The number of urea groups is 1. The third-order valence-corrected chi connectivity index (χ3v) is 4.10. The van der Waals surface area contributed by atoms with E-state index in [4.69, 9.17) is 5.73 Å². The summed E-state index contributed by atoms with van der Waals surface area (Å²) in [6.45, 7) is 0. The van der Waals surface area contributed by atoms with Gasteiger partial charge in [-0.3, -0.25) is 4.79 Å². The number of amides is 3. The molecule has 3 amide bonds. The van der Waals surface area contributed by atoms with Crippen molar-refractivity contribution in [1.82, 2.24) is 5.32 Å². The van der Waals surface area contributed by atoms with E-state index in [2.05, 4.69) is 10.6 Å². The number of hydrogen-bond acceptors (Lipinski definition) is 4. The molecule has 0 atom stereocenters. The van der Waals surface area contributed by atoms with Crippen LogP contribution in [-0.2, 0) is 0 Å². The summed E-state index contributed by atoms with van der Waals surface area (Å²) in [6, 6.07) is 3.02. The zero-order valence-corrected chi connectivity index (χ0v) is 11.2. The molecule has 5 nitrogen and oxygen atoms in total. The second-order valence-corrected chi connectivity index (χ2v) is 5.27. The van der Waals surface area contributed by atoms with E-state index in [1.54, 1.807) is 24.5 Å². The van der Waals surface area contributed by atoms with E-state index < -0.39 is 6.03 Å². The van der Waals surface area contributed by atoms with E-state index in [0.717, 1.165) is 10.4 Å². The Kier molecular flexibility index (Phi) is 3.63. The zero-order valence-electron chi connectivity index (χ0n) is 9.52. The van der Waals surface area contributed by atoms with Crippen molar-refractivity contribution >= 4 is 40.3 Å². The van der Waals surface area contributed by atoms with Crippen LogP contribution < -0.4 is 16.4 Å². The molecule has 0 bridgehead atoms. The third-order valence-electron chi connectivity index (χ3n) is 2.23. The summed E-state index contributed by atoms with van der Waals surface area (Å²) in [6.07, 6.45) is 0. The minimum absolute atomic E-state index is 0.245. The van der Waals surface area contributed by atoms with Gasteiger partial charge in [-0.2, -0.15) is 11.3 Å². The van der Waals surface area contributed by atoms with Gasteiger partial charge in [0.05, 0.1) is 5.69 Å². The molecule has 0 spiro atoms. The molecule has 0 aliphatic carbocycles. The molecule has 0 aromatic carbocycles. The van der Waals surface area contributed by atoms with Crippen molar-refractivity contribution in [3.63, 3.8) is 0 Å². The molecule has 18 heavy (non-hydrogen) atoms. The summed E-state index contributed by atoms with van der Waals surface area (Å²) in [4.78, 5) is 24.0. The van der Waals surface area contributed by atoms with E-state index >= 15 is 0 Å². The van der Waals surface area contributed by atoms with Gasteiger partial charge in [0.2, 0.25) is 0 Å². The number of primary amides is 1. The molecule has 2 aromatic rings. The first-order valence-corrected chi connectivity index (χ1v) is 6.82. The van der Waals surface area contributed by atoms with Crippen LogP contribution in [0.5, 0.6) is 0 Å². The van der Waals surface area contributed by atoms with Crippen molar-refractivity contribution in [2.45, 2.75) is 0 Å². The Morgan fingerprint density at radius 2 is 2.17 bits per heavy atom. The quantitative estimate of drug-likeness (QED) is 0.806. The molecular weight excluding hydrogens is 270 g/mol. The van der Waals surface area contributed by atoms with Gasteiger partial charge in [-0.25, -0.2) is 4.79 Å². The van der Waals surface area contributed by atoms with E-state index in [-0.39, 0.29) is 5.91 Å². The van der Waals surface area contributed by atoms with Crippen LogP contribution in [0, 0.1) is 0 Å². The first kappa shape index (κ1) is 12.6. The second kappa shape index (κ2) is 5.19. The maximum absolute atomic E-state index is 11.7. The monoisotopic (exact) mass is 281 g/mol. The molecule has 0 saturated heterocycles. The normalized spacial score (nSPS) is 10.1. The van der Waals surface area contributed by atoms with Gasteiger partial charge in [0.25, 0.3) is 5.91 Å². The van der Waals surface area contributed by atoms with E-state index in [0.29, 0.717) is 10.6 Å². The first-order chi connectivity index (χ1) is 8.61. The van der Waals surface area contributed by atoms with Gasteiger partial charge < -0.3 is 16.4 Å². The lowest BCUT2D eigenvalue weighted by Gasteiger charge is -2.01. The molecule has 0 aliphatic rings. The largest absolute Gasteiger partial charge is 0.354 e. The van der Waals surface area contributed by atoms with Crippen LogP contribution in [0.1, 0.15) is 9.67 Å². The summed E-state index contributed by atoms with van der Waals surface area (Å²) in [7, 11) is 1.54. The topological polar surface area (TPSA) is 84.2 Å². The highest BCUT2D eigenvalue weighted by Crippen LogP contribution is 2.35. The fraction of sp³-hybridized carbons (Fsp3) is 0.0909. The summed E-state index contributed by atoms with van der Waals surface area (Å²) in [5.74, 6) is -0.245. The van der Waals surface area contributed by atoms with Gasteiger partial charge in [0.1, 0.15) is 4.88 Å². The number of nitrogens with two attached hydrogens (primary N) is 1. The molecule has 2 aromatic heterocycles. The number of nitrogens with one attached hydrogen (secondary N) is 2. The summed E-state index contributed by atoms with van der Waals surface area (Å²) in [5.41, 5.74) is 6.55. The van der Waals surface area contributed by atoms with E-state index in [1.807, 2.05) is 16.8 Å². The Labute approximate surface area is 112 Å². The summed E-state index contributed by atoms with van der Waals surface area (Å²) >= 11 is 2.89. The zero-order chi connectivity index (χ0) is 13.1. The van der Waals surface area contributed by atoms with Gasteiger partial charge in [0.15, 0.2) is 0 Å². The Morgan fingerprint density at radius 1 is 1.39 bits per heavy atom.